The summed E-state index contributed by atoms with van der Waals surface area (Å²) in [5.41, 5.74) is 6.14. The topological polar surface area (TPSA) is 68.0 Å². The van der Waals surface area contributed by atoms with E-state index in [4.69, 9.17) is 17.3 Å². The van der Waals surface area contributed by atoms with E-state index in [1.54, 1.807) is 24.4 Å². The summed E-state index contributed by atoms with van der Waals surface area (Å²) in [5.74, 6) is -0.997. The fraction of sp³-hybridized carbons (Fsp3) is 0.250. The first kappa shape index (κ1) is 16.2. The van der Waals surface area contributed by atoms with Crippen LogP contribution in [0, 0.1) is 5.82 Å². The molecule has 0 spiro atoms. The molecule has 0 radical (unpaired) electrons. The number of nitrogens with two attached hydrogens (primary N) is 1. The Morgan fingerprint density at radius 3 is 2.82 bits per heavy atom. The van der Waals surface area contributed by atoms with Gasteiger partial charge in [0.05, 0.1) is 16.3 Å². The molecule has 0 aliphatic rings. The molecule has 1 amide bonds. The largest absolute Gasteiger partial charge is 0.383 e. The number of hydrogen-bond donors (Lipinski definition) is 2. The average molecular weight is 322 g/mol. The number of nitrogens with zero attached hydrogens (tertiary/aromatic N) is 1. The lowest BCUT2D eigenvalue weighted by molar-refractivity contribution is 0.100. The summed E-state index contributed by atoms with van der Waals surface area (Å²) in [6, 6.07) is 6.58. The van der Waals surface area contributed by atoms with Crippen molar-refractivity contribution >= 4 is 23.2 Å². The van der Waals surface area contributed by atoms with Crippen molar-refractivity contribution in [2.45, 2.75) is 19.3 Å². The zero-order chi connectivity index (χ0) is 16.3. The van der Waals surface area contributed by atoms with Crippen molar-refractivity contribution in [3.63, 3.8) is 0 Å². The number of pyridine rings is 1. The summed E-state index contributed by atoms with van der Waals surface area (Å²) >= 11 is 5.84. The lowest BCUT2D eigenvalue weighted by Gasteiger charge is -2.27. The summed E-state index contributed by atoms with van der Waals surface area (Å²) in [4.78, 5) is 15.3. The first-order chi connectivity index (χ1) is 10.3. The second-order valence-electron chi connectivity index (χ2n) is 5.62. The van der Waals surface area contributed by atoms with Crippen molar-refractivity contribution in [1.29, 1.82) is 0 Å². The van der Waals surface area contributed by atoms with Crippen LogP contribution in [-0.2, 0) is 5.41 Å². The van der Waals surface area contributed by atoms with Gasteiger partial charge in [0.25, 0.3) is 5.91 Å². The number of carbonyl (C=O) groups excluding carboxylic acids is 1. The summed E-state index contributed by atoms with van der Waals surface area (Å²) in [7, 11) is 0. The van der Waals surface area contributed by atoms with Crippen molar-refractivity contribution < 1.29 is 9.18 Å². The van der Waals surface area contributed by atoms with Crippen LogP contribution < -0.4 is 11.1 Å². The fourth-order valence-corrected chi connectivity index (χ4v) is 2.36. The molecule has 1 aromatic carbocycles. The van der Waals surface area contributed by atoms with Gasteiger partial charge in [-0.15, -0.1) is 0 Å². The minimum Gasteiger partial charge on any atom is -0.383 e. The minimum absolute atomic E-state index is 0.0901. The first-order valence-corrected chi connectivity index (χ1v) is 7.13. The number of primary amides is 1. The maximum absolute atomic E-state index is 14.2. The molecule has 4 nitrogen and oxygen atoms in total. The van der Waals surface area contributed by atoms with Crippen LogP contribution in [0.3, 0.4) is 0 Å². The van der Waals surface area contributed by atoms with Crippen LogP contribution in [0.25, 0.3) is 0 Å². The van der Waals surface area contributed by atoms with Gasteiger partial charge in [0.15, 0.2) is 0 Å². The number of aromatic nitrogens is 1. The van der Waals surface area contributed by atoms with Crippen molar-refractivity contribution in [2.75, 3.05) is 11.9 Å². The van der Waals surface area contributed by atoms with Crippen LogP contribution in [-0.4, -0.2) is 17.4 Å². The van der Waals surface area contributed by atoms with E-state index in [2.05, 4.69) is 10.3 Å². The van der Waals surface area contributed by atoms with Gasteiger partial charge in [0.2, 0.25) is 0 Å². The van der Waals surface area contributed by atoms with Crippen molar-refractivity contribution in [2.24, 2.45) is 5.73 Å². The SMILES string of the molecule is CC(C)(CNc1ccncc1C(N)=O)c1cccc(Cl)c1F. The molecule has 0 aliphatic carbocycles. The molecule has 1 heterocycles. The Morgan fingerprint density at radius 2 is 2.14 bits per heavy atom. The molecule has 2 rings (SSSR count). The monoisotopic (exact) mass is 321 g/mol. The molecule has 0 fully saturated rings. The molecule has 0 aliphatic heterocycles. The van der Waals surface area contributed by atoms with Gasteiger partial charge < -0.3 is 11.1 Å². The molecule has 0 bridgehead atoms. The van der Waals surface area contributed by atoms with Crippen LogP contribution in [0.15, 0.2) is 36.7 Å². The van der Waals surface area contributed by atoms with Crippen LogP contribution in [0.5, 0.6) is 0 Å². The van der Waals surface area contributed by atoms with Gasteiger partial charge in [-0.1, -0.05) is 37.6 Å². The zero-order valence-electron chi connectivity index (χ0n) is 12.4. The molecule has 116 valence electrons. The van der Waals surface area contributed by atoms with E-state index in [-0.39, 0.29) is 5.02 Å². The van der Waals surface area contributed by atoms with Crippen LogP contribution >= 0.6 is 11.6 Å². The second kappa shape index (κ2) is 6.32. The quantitative estimate of drug-likeness (QED) is 0.887. The van der Waals surface area contributed by atoms with E-state index in [9.17, 15) is 9.18 Å². The number of anilines is 1. The van der Waals surface area contributed by atoms with E-state index in [0.29, 0.717) is 23.4 Å². The molecule has 1 aromatic heterocycles. The van der Waals surface area contributed by atoms with Gasteiger partial charge in [-0.05, 0) is 17.7 Å². The van der Waals surface area contributed by atoms with Gasteiger partial charge in [-0.2, -0.15) is 0 Å². The van der Waals surface area contributed by atoms with Gasteiger partial charge in [-0.25, -0.2) is 4.39 Å². The van der Waals surface area contributed by atoms with E-state index < -0.39 is 17.1 Å². The minimum atomic E-state index is -0.567. The second-order valence-corrected chi connectivity index (χ2v) is 6.03. The number of carbonyl (C=O) groups is 1. The number of hydrogen-bond acceptors (Lipinski definition) is 3. The van der Waals surface area contributed by atoms with Gasteiger partial charge in [0.1, 0.15) is 5.82 Å². The number of halogens is 2. The molecule has 0 unspecified atom stereocenters. The Balaban J connectivity index is 2.24. The molecule has 3 N–H and O–H groups in total. The molecule has 0 saturated heterocycles. The van der Waals surface area contributed by atoms with E-state index in [0.717, 1.165) is 0 Å². The Kier molecular flexibility index (Phi) is 4.66. The fourth-order valence-electron chi connectivity index (χ4n) is 2.18. The number of rotatable bonds is 5. The highest BCUT2D eigenvalue weighted by Crippen LogP contribution is 2.30. The molecule has 22 heavy (non-hydrogen) atoms. The Bertz CT molecular complexity index is 704. The maximum Gasteiger partial charge on any atom is 0.252 e. The highest BCUT2D eigenvalue weighted by Gasteiger charge is 2.25. The van der Waals surface area contributed by atoms with E-state index >= 15 is 0 Å². The van der Waals surface area contributed by atoms with Crippen molar-refractivity contribution in [3.8, 4) is 0 Å². The average Bonchev–Trinajstić information content (AvgIpc) is 2.48. The standard InChI is InChI=1S/C16H17ClFN3O/c1-16(2,11-4-3-5-12(17)14(11)18)9-21-13-6-7-20-8-10(13)15(19)22/h3-8H,9H2,1-2H3,(H2,19,22)(H,20,21). The Hall–Kier alpha value is -2.14. The van der Waals surface area contributed by atoms with Gasteiger partial charge >= 0.3 is 0 Å². The summed E-state index contributed by atoms with van der Waals surface area (Å²) < 4.78 is 14.2. The predicted octanol–water partition coefficient (Wildman–Crippen LogP) is 3.36. The van der Waals surface area contributed by atoms with Crippen LogP contribution in [0.4, 0.5) is 10.1 Å². The normalized spacial score (nSPS) is 11.3. The van der Waals surface area contributed by atoms with Crippen LogP contribution in [0.1, 0.15) is 29.8 Å². The van der Waals surface area contributed by atoms with Crippen molar-refractivity contribution in [3.05, 3.63) is 58.6 Å². The summed E-state index contributed by atoms with van der Waals surface area (Å²) in [5, 5.41) is 3.22. The number of amides is 1. The molecular weight excluding hydrogens is 305 g/mol. The Labute approximate surface area is 133 Å². The molecule has 2 aromatic rings. The van der Waals surface area contributed by atoms with Crippen molar-refractivity contribution in [1.82, 2.24) is 4.98 Å². The van der Waals surface area contributed by atoms with Crippen LogP contribution in [0.2, 0.25) is 5.02 Å². The molecular formula is C16H17ClFN3O. The summed E-state index contributed by atoms with van der Waals surface area (Å²) in [6.45, 7) is 4.17. The molecule has 6 heteroatoms. The predicted molar refractivity (Wildman–Crippen MR) is 85.7 cm³/mol. The third-order valence-corrected chi connectivity index (χ3v) is 3.78. The maximum atomic E-state index is 14.2. The third-order valence-electron chi connectivity index (χ3n) is 3.49. The number of nitrogens with one attached hydrogen (secondary N) is 1. The highest BCUT2D eigenvalue weighted by molar-refractivity contribution is 6.30. The molecule has 0 atom stereocenters. The van der Waals surface area contributed by atoms with Gasteiger partial charge in [0, 0.05) is 24.4 Å². The summed E-state index contributed by atoms with van der Waals surface area (Å²) in [6.07, 6.45) is 2.96. The lowest BCUT2D eigenvalue weighted by atomic mass is 9.84. The number of benzene rings is 1. The Morgan fingerprint density at radius 1 is 1.41 bits per heavy atom. The zero-order valence-corrected chi connectivity index (χ0v) is 13.1. The van der Waals surface area contributed by atoms with E-state index in [1.807, 2.05) is 13.8 Å². The lowest BCUT2D eigenvalue weighted by Crippen LogP contribution is -2.29. The smallest absolute Gasteiger partial charge is 0.252 e. The molecule has 0 saturated carbocycles. The van der Waals surface area contributed by atoms with Gasteiger partial charge in [-0.3, -0.25) is 9.78 Å². The highest BCUT2D eigenvalue weighted by atomic mass is 35.5. The third kappa shape index (κ3) is 3.36. The van der Waals surface area contributed by atoms with E-state index in [1.165, 1.54) is 12.3 Å². The first-order valence-electron chi connectivity index (χ1n) is 6.75.